The lowest BCUT2D eigenvalue weighted by molar-refractivity contribution is 0.0727. The molecule has 2 aromatic carbocycles. The van der Waals surface area contributed by atoms with Gasteiger partial charge >= 0.3 is 6.01 Å². The Morgan fingerprint density at radius 1 is 1.13 bits per heavy atom. The summed E-state index contributed by atoms with van der Waals surface area (Å²) in [5.74, 6) is -0.0665. The van der Waals surface area contributed by atoms with Crippen LogP contribution in [0.1, 0.15) is 6.92 Å². The molecule has 3 rings (SSSR count). The zero-order valence-electron chi connectivity index (χ0n) is 17.6. The molecule has 31 heavy (non-hydrogen) atoms. The molecule has 1 unspecified atom stereocenters. The van der Waals surface area contributed by atoms with Crippen LogP contribution in [-0.4, -0.2) is 66.1 Å². The molecule has 0 radical (unpaired) electrons. The minimum Gasteiger partial charge on any atom is -0.460 e. The fourth-order valence-corrected chi connectivity index (χ4v) is 2.89. The van der Waals surface area contributed by atoms with Gasteiger partial charge in [-0.25, -0.2) is 9.07 Å². The van der Waals surface area contributed by atoms with Crippen molar-refractivity contribution in [2.45, 2.75) is 13.0 Å². The zero-order chi connectivity index (χ0) is 22.1. The molecule has 166 valence electrons. The first-order chi connectivity index (χ1) is 15.1. The van der Waals surface area contributed by atoms with Crippen molar-refractivity contribution < 1.29 is 23.7 Å². The number of rotatable bonds is 12. The van der Waals surface area contributed by atoms with Gasteiger partial charge in [-0.3, -0.25) is 0 Å². The van der Waals surface area contributed by atoms with Crippen LogP contribution >= 0.6 is 0 Å². The Morgan fingerprint density at radius 3 is 2.61 bits per heavy atom. The number of anilines is 1. The van der Waals surface area contributed by atoms with Gasteiger partial charge < -0.3 is 24.6 Å². The normalized spacial score (nSPS) is 12.0. The molecule has 0 aliphatic rings. The lowest BCUT2D eigenvalue weighted by atomic mass is 10.2. The van der Waals surface area contributed by atoms with Crippen molar-refractivity contribution in [1.29, 1.82) is 0 Å². The van der Waals surface area contributed by atoms with E-state index in [-0.39, 0.29) is 12.6 Å². The molecule has 0 saturated heterocycles. The highest BCUT2D eigenvalue weighted by atomic mass is 19.1. The van der Waals surface area contributed by atoms with Crippen molar-refractivity contribution >= 4 is 5.69 Å². The number of methoxy groups -OCH3 is 1. The summed E-state index contributed by atoms with van der Waals surface area (Å²) < 4.78 is 31.8. The van der Waals surface area contributed by atoms with Crippen molar-refractivity contribution in [3.05, 3.63) is 54.3 Å². The van der Waals surface area contributed by atoms with Crippen molar-refractivity contribution in [1.82, 2.24) is 14.8 Å². The number of nitrogens with one attached hydrogen (secondary N) is 1. The van der Waals surface area contributed by atoms with Crippen LogP contribution in [0.25, 0.3) is 17.1 Å². The monoisotopic (exact) mass is 430 g/mol. The molecule has 1 aromatic heterocycles. The SMILES string of the molecule is CCOCCOc1nc(-c2ccccc2F)n(-c2ccc(NCC(O)COC)cc2)n1. The van der Waals surface area contributed by atoms with Crippen LogP contribution < -0.4 is 10.1 Å². The van der Waals surface area contributed by atoms with Crippen LogP contribution in [0.15, 0.2) is 48.5 Å². The van der Waals surface area contributed by atoms with Crippen molar-refractivity contribution in [2.24, 2.45) is 0 Å². The maximum Gasteiger partial charge on any atom is 0.336 e. The molecule has 9 heteroatoms. The molecule has 0 amide bonds. The second-order valence-electron chi connectivity index (χ2n) is 6.69. The predicted molar refractivity (Wildman–Crippen MR) is 115 cm³/mol. The van der Waals surface area contributed by atoms with Gasteiger partial charge in [0.15, 0.2) is 5.82 Å². The minimum atomic E-state index is -0.607. The molecule has 0 aliphatic carbocycles. The van der Waals surface area contributed by atoms with Gasteiger partial charge in [0.1, 0.15) is 12.4 Å². The number of benzene rings is 2. The van der Waals surface area contributed by atoms with E-state index in [1.54, 1.807) is 18.2 Å². The highest BCUT2D eigenvalue weighted by Crippen LogP contribution is 2.26. The Labute approximate surface area is 180 Å². The number of ether oxygens (including phenoxy) is 3. The molecule has 0 spiro atoms. The van der Waals surface area contributed by atoms with Crippen LogP contribution in [0.5, 0.6) is 6.01 Å². The summed E-state index contributed by atoms with van der Waals surface area (Å²) in [4.78, 5) is 4.39. The van der Waals surface area contributed by atoms with E-state index < -0.39 is 11.9 Å². The molecule has 1 atom stereocenters. The Hall–Kier alpha value is -3.01. The molecular formula is C22H27FN4O4. The summed E-state index contributed by atoms with van der Waals surface area (Å²) >= 11 is 0. The first-order valence-corrected chi connectivity index (χ1v) is 10.1. The topological polar surface area (TPSA) is 90.7 Å². The highest BCUT2D eigenvalue weighted by Gasteiger charge is 2.17. The average molecular weight is 430 g/mol. The summed E-state index contributed by atoms with van der Waals surface area (Å²) in [6.45, 7) is 3.81. The molecule has 0 aliphatic heterocycles. The molecule has 0 fully saturated rings. The van der Waals surface area contributed by atoms with Crippen molar-refractivity contribution in [3.63, 3.8) is 0 Å². The maximum atomic E-state index is 14.4. The van der Waals surface area contributed by atoms with Crippen molar-refractivity contribution in [3.8, 4) is 23.1 Å². The van der Waals surface area contributed by atoms with Crippen molar-refractivity contribution in [2.75, 3.05) is 45.4 Å². The van der Waals surface area contributed by atoms with Gasteiger partial charge in [0, 0.05) is 25.9 Å². The summed E-state index contributed by atoms with van der Waals surface area (Å²) in [6.07, 6.45) is -0.607. The predicted octanol–water partition coefficient (Wildman–Crippen LogP) is 2.91. The second-order valence-corrected chi connectivity index (χ2v) is 6.69. The highest BCUT2D eigenvalue weighted by molar-refractivity contribution is 5.60. The quantitative estimate of drug-likeness (QED) is 0.427. The van der Waals surface area contributed by atoms with Gasteiger partial charge in [0.2, 0.25) is 0 Å². The standard InChI is InChI=1S/C22H27FN4O4/c1-3-30-12-13-31-22-25-21(19-6-4-5-7-20(19)23)27(26-22)17-10-8-16(9-11-17)24-14-18(28)15-29-2/h4-11,18,24,28H,3,12-15H2,1-2H3. The zero-order valence-corrected chi connectivity index (χ0v) is 17.6. The van der Waals surface area contributed by atoms with E-state index in [4.69, 9.17) is 14.2 Å². The fourth-order valence-electron chi connectivity index (χ4n) is 2.89. The molecule has 8 nitrogen and oxygen atoms in total. The molecule has 0 saturated carbocycles. The fraction of sp³-hybridized carbons (Fsp3) is 0.364. The molecule has 2 N–H and O–H groups in total. The third-order valence-corrected chi connectivity index (χ3v) is 4.38. The van der Waals surface area contributed by atoms with E-state index in [0.717, 1.165) is 5.69 Å². The summed E-state index contributed by atoms with van der Waals surface area (Å²) in [7, 11) is 1.54. The Morgan fingerprint density at radius 2 is 1.90 bits per heavy atom. The van der Waals surface area contributed by atoms with Crippen LogP contribution in [0.2, 0.25) is 0 Å². The summed E-state index contributed by atoms with van der Waals surface area (Å²) in [5, 5.41) is 17.3. The van der Waals surface area contributed by atoms with E-state index in [0.29, 0.717) is 43.4 Å². The van der Waals surface area contributed by atoms with E-state index in [9.17, 15) is 9.50 Å². The van der Waals surface area contributed by atoms with E-state index in [1.165, 1.54) is 17.9 Å². The van der Waals surface area contributed by atoms with Gasteiger partial charge in [-0.05, 0) is 43.3 Å². The van der Waals surface area contributed by atoms with Gasteiger partial charge in [0.25, 0.3) is 0 Å². The Bertz CT molecular complexity index is 949. The van der Waals surface area contributed by atoms with E-state index >= 15 is 0 Å². The first-order valence-electron chi connectivity index (χ1n) is 10.1. The average Bonchev–Trinajstić information content (AvgIpc) is 3.20. The number of aliphatic hydroxyl groups is 1. The third-order valence-electron chi connectivity index (χ3n) is 4.38. The smallest absolute Gasteiger partial charge is 0.336 e. The van der Waals surface area contributed by atoms with Crippen LogP contribution in [0.4, 0.5) is 10.1 Å². The number of aromatic nitrogens is 3. The van der Waals surface area contributed by atoms with Gasteiger partial charge in [-0.1, -0.05) is 12.1 Å². The second kappa shape index (κ2) is 11.4. The minimum absolute atomic E-state index is 0.142. The molecule has 3 aromatic rings. The van der Waals surface area contributed by atoms with Crippen LogP contribution in [0.3, 0.4) is 0 Å². The lowest BCUT2D eigenvalue weighted by Gasteiger charge is -2.12. The third kappa shape index (κ3) is 6.24. The first kappa shape index (κ1) is 22.7. The largest absolute Gasteiger partial charge is 0.460 e. The van der Waals surface area contributed by atoms with Gasteiger partial charge in [-0.15, -0.1) is 5.10 Å². The molecule has 0 bridgehead atoms. The van der Waals surface area contributed by atoms with Crippen LogP contribution in [-0.2, 0) is 9.47 Å². The van der Waals surface area contributed by atoms with Gasteiger partial charge in [-0.2, -0.15) is 4.98 Å². The number of halogens is 1. The number of nitrogens with zero attached hydrogens (tertiary/aromatic N) is 3. The molecule has 1 heterocycles. The number of hydrogen-bond donors (Lipinski definition) is 2. The Balaban J connectivity index is 1.83. The maximum absolute atomic E-state index is 14.4. The van der Waals surface area contributed by atoms with Gasteiger partial charge in [0.05, 0.1) is 30.6 Å². The molecular weight excluding hydrogens is 403 g/mol. The summed E-state index contributed by atoms with van der Waals surface area (Å²) in [6, 6.07) is 13.9. The van der Waals surface area contributed by atoms with Crippen LogP contribution in [0, 0.1) is 5.82 Å². The number of hydrogen-bond acceptors (Lipinski definition) is 7. The lowest BCUT2D eigenvalue weighted by Crippen LogP contribution is -2.24. The Kier molecular flexibility index (Phi) is 8.34. The summed E-state index contributed by atoms with van der Waals surface area (Å²) in [5.41, 5.74) is 1.83. The van der Waals surface area contributed by atoms with E-state index in [2.05, 4.69) is 15.4 Å². The number of aliphatic hydroxyl groups excluding tert-OH is 1. The van der Waals surface area contributed by atoms with E-state index in [1.807, 2.05) is 31.2 Å².